The number of morpholine rings is 2. The Morgan fingerprint density at radius 1 is 0.538 bits per heavy atom. The monoisotopic (exact) mass is 2120 g/mol. The number of fused-ring (bicyclic) bond motifs is 2. The lowest BCUT2D eigenvalue weighted by Gasteiger charge is -2.37. The molecule has 6 aliphatic heterocycles. The zero-order valence-corrected chi connectivity index (χ0v) is 88.4. The molecule has 0 radical (unpaired) electrons. The normalized spacial score (nSPS) is 20.2. The fraction of sp³-hybridized carbons (Fsp3) is 0.490. The van der Waals surface area contributed by atoms with Gasteiger partial charge in [0, 0.05) is 76.3 Å². The molecule has 45 heteroatoms. The third kappa shape index (κ3) is 30.0. The lowest BCUT2D eigenvalue weighted by Crippen LogP contribution is -2.47. The molecule has 10 aromatic rings. The smallest absolute Gasteiger partial charge is 0.280 e. The average molecular weight is 2120 g/mol. The standard InChI is InChI=1S/C40H44N6O10S2.C21H19ClO2.C19H26N6O8S2.C10H19ClN2O.2C5H11NO/c1-24(2)35(48)43-38-42-34-31(36(49)44-38)41-23-46(34)37-33(56-39(57)45-18-20-58(50,51)21-19-45)32(47)30(55-37)22-54-40(25-8-6-5-7-9-25,26-10-14-28(52-3)15-11-26)27-12-16-29(53-4)17-13-27;1-23-19-12-8-17(9-13-19)21(22,16-6-4-3-5-7-16)18-10-14-20(24-2)15-11-18;1-9(2)15(28)22-18-21-14-11(16(29)23-18)20-8-25(14)17-13(12(27)10(7-26)32-17)33-19(34)24-3-5-35(30,31)6-4-24;1-8(2)13(9(3)4)10(11)14-7-5-6-12;2*1-6-2-4-7-5-3-6/h5-17,23-24,30,32-33,37,47H,18-22H2,1-4H3,(H2,42,43,44,48,49);3-15H,1-2H3;8-10,12-13,17,26-27H,3-7H2,1-2H3,(H2,21,22,23,28,29);8-10H,5,7H2,1-4H3;2*2-5H2,1H3/t30-,32?,33+,37-;;10-,12?,13+,17-;;;/m1.1.../s1. The molecule has 16 rings (SSSR count). The minimum atomic E-state index is -3.23. The quantitative estimate of drug-likeness (QED) is 0.00599. The molecule has 4 aromatic heterocycles. The lowest BCUT2D eigenvalue weighted by molar-refractivity contribution is -0.119. The summed E-state index contributed by atoms with van der Waals surface area (Å²) in [6.45, 7) is 23.3. The minimum Gasteiger partial charge on any atom is -0.497 e. The van der Waals surface area contributed by atoms with E-state index in [9.17, 15) is 51.3 Å². The summed E-state index contributed by atoms with van der Waals surface area (Å²) >= 11 is 24.3. The van der Waals surface area contributed by atoms with Gasteiger partial charge in [-0.05, 0) is 148 Å². The Morgan fingerprint density at radius 3 is 1.21 bits per heavy atom. The van der Waals surface area contributed by atoms with E-state index < -0.39 is 109 Å². The van der Waals surface area contributed by atoms with E-state index in [0.29, 0.717) is 36.6 Å². The molecule has 7 N–H and O–H groups in total. The van der Waals surface area contributed by atoms with Crippen LogP contribution in [0.15, 0.2) is 180 Å². The number of hydrogen-bond donors (Lipinski definition) is 7. The fourth-order valence-corrected chi connectivity index (χ4v) is 20.1. The van der Waals surface area contributed by atoms with E-state index in [-0.39, 0.29) is 118 Å². The highest BCUT2D eigenvalue weighted by Gasteiger charge is 2.52. The first kappa shape index (κ1) is 114. The number of nitrogens with zero attached hydrogens (tertiary/aromatic N) is 12. The Bertz CT molecular complexity index is 6120. The number of carbonyl (C=O) groups excluding carboxylic acids is 2. The van der Waals surface area contributed by atoms with Crippen molar-refractivity contribution < 1.29 is 98.6 Å². The summed E-state index contributed by atoms with van der Waals surface area (Å²) in [6.07, 6.45) is -6.46. The number of halogens is 2. The number of carbonyl (C=O) groups is 2. The summed E-state index contributed by atoms with van der Waals surface area (Å²) in [4.78, 5) is 81.4. The highest BCUT2D eigenvalue weighted by Crippen LogP contribution is 2.47. The number of methoxy groups -OCH3 is 4. The van der Waals surface area contributed by atoms with Gasteiger partial charge in [-0.2, -0.15) is 15.2 Å². The van der Waals surface area contributed by atoms with Crippen molar-refractivity contribution >= 4 is 124 Å². The van der Waals surface area contributed by atoms with E-state index in [1.165, 1.54) is 21.8 Å². The number of H-pyrrole nitrogens is 2. The van der Waals surface area contributed by atoms with Crippen molar-refractivity contribution in [2.24, 2.45) is 11.8 Å². The molecule has 3 unspecified atom stereocenters. The van der Waals surface area contributed by atoms with E-state index in [2.05, 4.69) is 97.0 Å². The maximum atomic E-state index is 13.2. The molecule has 786 valence electrons. The van der Waals surface area contributed by atoms with Gasteiger partial charge in [-0.3, -0.25) is 53.8 Å². The number of likely N-dealkylation sites (N-methyl/N-ethyl adjacent to an activating group) is 2. The number of thiocarbonyl (C=S) groups is 2. The van der Waals surface area contributed by atoms with Crippen LogP contribution in [-0.4, -0.2) is 336 Å². The van der Waals surface area contributed by atoms with Crippen molar-refractivity contribution in [1.29, 1.82) is 5.26 Å². The number of amides is 2. The largest absolute Gasteiger partial charge is 0.497 e. The van der Waals surface area contributed by atoms with Gasteiger partial charge in [-0.25, -0.2) is 26.8 Å². The molecule has 10 heterocycles. The molecule has 0 saturated carbocycles. The first-order valence-corrected chi connectivity index (χ1v) is 52.7. The van der Waals surface area contributed by atoms with Crippen LogP contribution in [0.5, 0.6) is 23.0 Å². The molecule has 6 saturated heterocycles. The van der Waals surface area contributed by atoms with Crippen molar-refractivity contribution in [3.05, 3.63) is 224 Å². The lowest BCUT2D eigenvalue weighted by atomic mass is 9.80. The van der Waals surface area contributed by atoms with Gasteiger partial charge >= 0.3 is 0 Å². The molecule has 2 amide bonds. The van der Waals surface area contributed by atoms with Crippen LogP contribution in [0, 0.1) is 23.2 Å². The first-order chi connectivity index (χ1) is 69.3. The molecule has 39 nitrogen and oxygen atoms in total. The van der Waals surface area contributed by atoms with Crippen molar-refractivity contribution in [2.75, 3.05) is 175 Å². The van der Waals surface area contributed by atoms with Crippen LogP contribution in [0.2, 0.25) is 0 Å². The second-order valence-electron chi connectivity index (χ2n) is 35.9. The van der Waals surface area contributed by atoms with E-state index in [0.717, 1.165) is 97.5 Å². The van der Waals surface area contributed by atoms with Gasteiger partial charge in [-0.15, -0.1) is 11.6 Å². The van der Waals surface area contributed by atoms with Gasteiger partial charge in [0.05, 0.1) is 123 Å². The minimum absolute atomic E-state index is 0.0312. The molecule has 6 aliphatic rings. The number of rotatable bonds is 28. The highest BCUT2D eigenvalue weighted by molar-refractivity contribution is 7.91. The maximum Gasteiger partial charge on any atom is 0.280 e. The second-order valence-corrected chi connectivity index (χ2v) is 42.1. The van der Waals surface area contributed by atoms with Crippen LogP contribution in [0.3, 0.4) is 0 Å². The van der Waals surface area contributed by atoms with Crippen molar-refractivity contribution in [2.45, 2.75) is 139 Å². The fourth-order valence-electron chi connectivity index (χ4n) is 16.2. The number of aromatic amines is 2. The Balaban J connectivity index is 0.000000193. The van der Waals surface area contributed by atoms with E-state index in [4.69, 9.17) is 110 Å². The van der Waals surface area contributed by atoms with Gasteiger partial charge in [-0.1, -0.05) is 148 Å². The van der Waals surface area contributed by atoms with Crippen LogP contribution in [0.1, 0.15) is 108 Å². The number of alkyl halides is 2. The predicted octanol–water partition coefficient (Wildman–Crippen LogP) is 9.45. The molecule has 9 atom stereocenters. The number of aromatic nitrogens is 8. The van der Waals surface area contributed by atoms with Gasteiger partial charge in [0.1, 0.15) is 57.9 Å². The van der Waals surface area contributed by atoms with Crippen molar-refractivity contribution in [1.82, 2.24) is 63.5 Å². The molecule has 0 aliphatic carbocycles. The van der Waals surface area contributed by atoms with E-state index in [1.54, 1.807) is 65.9 Å². The van der Waals surface area contributed by atoms with Gasteiger partial charge in [0.2, 0.25) is 23.7 Å². The number of ether oxygens (including phenoxy) is 12. The van der Waals surface area contributed by atoms with E-state index >= 15 is 0 Å². The van der Waals surface area contributed by atoms with E-state index in [1.807, 2.05) is 164 Å². The highest BCUT2D eigenvalue weighted by atomic mass is 35.5. The summed E-state index contributed by atoms with van der Waals surface area (Å²) in [5.74, 6) is 0.841. The Morgan fingerprint density at radius 2 is 0.876 bits per heavy atom. The molecule has 6 aromatic carbocycles. The third-order valence-electron chi connectivity index (χ3n) is 24.6. The number of aliphatic hydroxyl groups is 3. The summed E-state index contributed by atoms with van der Waals surface area (Å²) in [5.41, 5.74) is 2.36. The molecule has 6 fully saturated rings. The number of aliphatic hydroxyl groups excluding tert-OH is 3. The summed E-state index contributed by atoms with van der Waals surface area (Å²) in [5, 5.41) is 46.0. The number of sulfone groups is 2. The van der Waals surface area contributed by atoms with Gasteiger partial charge in [0.25, 0.3) is 21.5 Å². The van der Waals surface area contributed by atoms with Gasteiger partial charge < -0.3 is 91.8 Å². The summed E-state index contributed by atoms with van der Waals surface area (Å²) in [7, 11) is 4.34. The zero-order chi connectivity index (χ0) is 105. The Kier molecular flexibility index (Phi) is 42.3. The predicted molar refractivity (Wildman–Crippen MR) is 557 cm³/mol. The molecular weight excluding hydrogens is 1990 g/mol. The Labute approximate surface area is 864 Å². The summed E-state index contributed by atoms with van der Waals surface area (Å²) in [6, 6.07) is 53.1. The number of nitrogens with one attached hydrogen (secondary N) is 4. The Hall–Kier alpha value is -11.0. The van der Waals surface area contributed by atoms with Gasteiger partial charge in [0.15, 0.2) is 72.4 Å². The average Bonchev–Trinajstić information content (AvgIpc) is 1.69. The number of hydrogen-bond acceptors (Lipinski definition) is 33. The zero-order valence-electron chi connectivity index (χ0n) is 83.6. The topological polar surface area (TPSA) is 465 Å². The number of benzene rings is 6. The van der Waals surface area contributed by atoms with Crippen LogP contribution >= 0.6 is 47.6 Å². The number of anilines is 2. The third-order valence-corrected chi connectivity index (χ3v) is 29.5. The molecule has 0 bridgehead atoms. The van der Waals surface area contributed by atoms with Crippen LogP contribution in [-0.2, 0) is 77.6 Å². The molecule has 0 spiro atoms. The SMILES string of the molecule is CC(C)C(=O)Nc1nc2c(ncn2[C@@H]2O[C@H](CO)C(O)[C@@H]2OC(=S)N2CCS(=O)(=O)CC2)c(=O)[nH]1.CC(C)N(C(C)C)C(Cl)OCCC#N.CN1CCOCC1.CN1CCOCC1.COc1ccc(C(Cl)(c2ccccc2)c2ccc(OC)cc2)cc1.COc1ccc(C(OC[C@H]2O[C@@H](n3cnc4c(=O)[nH]c(NC(=O)C(C)C)nc43)[C@@H](OC(=S)N3CCS(=O)(=O)CC3)C2O)(c2ccccc2)c2ccc(OC)cc2)cc1. The van der Waals surface area contributed by atoms with Crippen LogP contribution in [0.25, 0.3) is 22.3 Å². The maximum absolute atomic E-state index is 13.2. The number of imidazole rings is 2. The van der Waals surface area contributed by atoms with Crippen molar-refractivity contribution in [3.63, 3.8) is 0 Å². The number of nitriles is 1. The molecular formula is C100H130Cl2N16O23S4. The molecule has 145 heavy (non-hydrogen) atoms. The van der Waals surface area contributed by atoms with Crippen LogP contribution in [0.4, 0.5) is 11.9 Å². The summed E-state index contributed by atoms with van der Waals surface area (Å²) < 4.78 is 119. The first-order valence-electron chi connectivity index (χ1n) is 47.4. The second kappa shape index (κ2) is 53.6. The van der Waals surface area contributed by atoms with Crippen LogP contribution < -0.4 is 40.7 Å². The van der Waals surface area contributed by atoms with Crippen molar-refractivity contribution in [3.8, 4) is 29.1 Å².